The Bertz CT molecular complexity index is 1230. The summed E-state index contributed by atoms with van der Waals surface area (Å²) in [6.07, 6.45) is 0. The summed E-state index contributed by atoms with van der Waals surface area (Å²) in [5.74, 6) is -0.887. The fraction of sp³-hybridized carbons (Fsp3) is 0.182. The van der Waals surface area contributed by atoms with Gasteiger partial charge >= 0.3 is 6.61 Å². The third-order valence-electron chi connectivity index (χ3n) is 5.07. The van der Waals surface area contributed by atoms with Gasteiger partial charge in [0.1, 0.15) is 18.2 Å². The highest BCUT2D eigenvalue weighted by atomic mass is 19.3. The minimum Gasteiger partial charge on any atom is -0.435 e. The Morgan fingerprint density at radius 2 is 1.68 bits per heavy atom. The lowest BCUT2D eigenvalue weighted by molar-refractivity contribution is -0.0498. The number of ether oxygens (including phenoxy) is 1. The molecule has 1 amide bonds. The zero-order valence-electron chi connectivity index (χ0n) is 16.7. The quantitative estimate of drug-likeness (QED) is 0.664. The molecule has 1 N–H and O–H groups in total. The minimum absolute atomic E-state index is 0.0172. The zero-order chi connectivity index (χ0) is 22.3. The number of aryl methyl sites for hydroxylation is 2. The molecule has 0 spiro atoms. The number of rotatable bonds is 4. The number of halogens is 3. The molecule has 1 aromatic heterocycles. The minimum atomic E-state index is -3.02. The number of pyridine rings is 1. The number of alkyl halides is 2. The van der Waals surface area contributed by atoms with Crippen LogP contribution in [0, 0.1) is 19.7 Å². The Morgan fingerprint density at radius 3 is 2.35 bits per heavy atom. The van der Waals surface area contributed by atoms with Gasteiger partial charge in [0.15, 0.2) is 0 Å². The predicted octanol–water partition coefficient (Wildman–Crippen LogP) is 4.49. The Morgan fingerprint density at radius 1 is 0.935 bits per heavy atom. The van der Waals surface area contributed by atoms with Crippen molar-refractivity contribution in [3.05, 3.63) is 81.5 Å². The van der Waals surface area contributed by atoms with E-state index in [2.05, 4.69) is 9.72 Å². The van der Waals surface area contributed by atoms with Crippen molar-refractivity contribution in [3.63, 3.8) is 0 Å². The Labute approximate surface area is 175 Å². The van der Waals surface area contributed by atoms with Gasteiger partial charge in [-0.05, 0) is 55.8 Å². The number of amides is 1. The molecule has 0 bridgehead atoms. The number of anilines is 3. The second-order valence-electron chi connectivity index (χ2n) is 7.12. The maximum Gasteiger partial charge on any atom is 0.387 e. The maximum absolute atomic E-state index is 13.7. The van der Waals surface area contributed by atoms with E-state index in [1.165, 1.54) is 41.3 Å². The molecule has 6 nitrogen and oxygen atoms in total. The van der Waals surface area contributed by atoms with Gasteiger partial charge in [-0.1, -0.05) is 0 Å². The summed E-state index contributed by atoms with van der Waals surface area (Å²) in [4.78, 5) is 30.7. The van der Waals surface area contributed by atoms with E-state index in [9.17, 15) is 22.8 Å². The first-order valence-corrected chi connectivity index (χ1v) is 9.39. The van der Waals surface area contributed by atoms with Crippen LogP contribution in [-0.2, 0) is 0 Å². The average Bonchev–Trinajstić information content (AvgIpc) is 2.69. The van der Waals surface area contributed by atoms with E-state index in [4.69, 9.17) is 0 Å². The number of nitrogens with one attached hydrogen (secondary N) is 1. The molecule has 2 heterocycles. The molecule has 0 fully saturated rings. The number of H-pyrrole nitrogens is 1. The monoisotopic (exact) mass is 429 g/mol. The largest absolute Gasteiger partial charge is 0.435 e. The van der Waals surface area contributed by atoms with Gasteiger partial charge in [-0.25, -0.2) is 4.39 Å². The molecule has 1 aliphatic heterocycles. The van der Waals surface area contributed by atoms with E-state index in [1.54, 1.807) is 30.9 Å². The van der Waals surface area contributed by atoms with Gasteiger partial charge in [0.05, 0.1) is 16.9 Å². The number of carbonyl (C=O) groups is 1. The number of fused-ring (bicyclic) bond motifs is 1. The molecule has 9 heteroatoms. The molecule has 3 aromatic rings. The fourth-order valence-corrected chi connectivity index (χ4v) is 3.69. The standard InChI is InChI=1S/C22H18F3N3O3/c1-12-9-14(23)3-6-17(12)27-11-28(18-7-8-20(29)26-13(18)2)21(30)16-5-4-15(10-19(16)27)31-22(24)25/h3-10,22H,11H2,1-2H3,(H,26,29). The Hall–Kier alpha value is -3.75. The summed E-state index contributed by atoms with van der Waals surface area (Å²) in [7, 11) is 0. The van der Waals surface area contributed by atoms with Crippen LogP contribution < -0.4 is 20.1 Å². The summed E-state index contributed by atoms with van der Waals surface area (Å²) < 4.78 is 43.7. The average molecular weight is 429 g/mol. The van der Waals surface area contributed by atoms with E-state index < -0.39 is 12.4 Å². The third kappa shape index (κ3) is 3.86. The van der Waals surface area contributed by atoms with E-state index in [1.807, 2.05) is 0 Å². The van der Waals surface area contributed by atoms with Gasteiger partial charge in [-0.2, -0.15) is 8.78 Å². The number of aromatic nitrogens is 1. The molecule has 0 atom stereocenters. The molecule has 1 aliphatic rings. The summed E-state index contributed by atoms with van der Waals surface area (Å²) in [5, 5.41) is 0. The van der Waals surface area contributed by atoms with Gasteiger partial charge in [-0.3, -0.25) is 14.5 Å². The number of hydrogen-bond donors (Lipinski definition) is 1. The molecule has 0 unspecified atom stereocenters. The van der Waals surface area contributed by atoms with Crippen molar-refractivity contribution in [2.45, 2.75) is 20.5 Å². The van der Waals surface area contributed by atoms with Crippen LogP contribution in [0.5, 0.6) is 5.75 Å². The van der Waals surface area contributed by atoms with Crippen LogP contribution in [-0.4, -0.2) is 24.2 Å². The Balaban J connectivity index is 1.88. The molecule has 0 saturated heterocycles. The van der Waals surface area contributed by atoms with E-state index in [0.717, 1.165) is 0 Å². The topological polar surface area (TPSA) is 65.6 Å². The lowest BCUT2D eigenvalue weighted by Gasteiger charge is -2.39. The first-order chi connectivity index (χ1) is 14.7. The smallest absolute Gasteiger partial charge is 0.387 e. The third-order valence-corrected chi connectivity index (χ3v) is 5.07. The highest BCUT2D eigenvalue weighted by Gasteiger charge is 2.33. The van der Waals surface area contributed by atoms with Crippen molar-refractivity contribution in [3.8, 4) is 5.75 Å². The SMILES string of the molecule is Cc1cc(F)ccc1N1CN(c2ccc(=O)[nH]c2C)C(=O)c2ccc(OC(F)F)cc21. The van der Waals surface area contributed by atoms with Crippen molar-refractivity contribution in [1.82, 2.24) is 4.98 Å². The molecule has 2 aromatic carbocycles. The van der Waals surface area contributed by atoms with Crippen molar-refractivity contribution in [2.24, 2.45) is 0 Å². The van der Waals surface area contributed by atoms with Crippen molar-refractivity contribution >= 4 is 23.0 Å². The molecule has 0 saturated carbocycles. The zero-order valence-corrected chi connectivity index (χ0v) is 16.7. The van der Waals surface area contributed by atoms with Crippen LogP contribution in [0.4, 0.5) is 30.2 Å². The predicted molar refractivity (Wildman–Crippen MR) is 110 cm³/mol. The number of carbonyl (C=O) groups excluding carboxylic acids is 1. The summed E-state index contributed by atoms with van der Waals surface area (Å²) in [6.45, 7) is 0.387. The highest BCUT2D eigenvalue weighted by molar-refractivity contribution is 6.13. The van der Waals surface area contributed by atoms with E-state index >= 15 is 0 Å². The van der Waals surface area contributed by atoms with Gasteiger partial charge in [-0.15, -0.1) is 0 Å². The van der Waals surface area contributed by atoms with Crippen LogP contribution in [0.2, 0.25) is 0 Å². The van der Waals surface area contributed by atoms with Crippen LogP contribution in [0.1, 0.15) is 21.6 Å². The first-order valence-electron chi connectivity index (χ1n) is 9.39. The van der Waals surface area contributed by atoms with Crippen LogP contribution >= 0.6 is 0 Å². The molecular weight excluding hydrogens is 411 g/mol. The lowest BCUT2D eigenvalue weighted by Crippen LogP contribution is -2.45. The molecular formula is C22H18F3N3O3. The molecule has 0 aliphatic carbocycles. The number of nitrogens with zero attached hydrogens (tertiary/aromatic N) is 2. The van der Waals surface area contributed by atoms with Crippen LogP contribution in [0.15, 0.2) is 53.3 Å². The molecule has 4 rings (SSSR count). The van der Waals surface area contributed by atoms with E-state index in [-0.39, 0.29) is 29.4 Å². The molecule has 0 radical (unpaired) electrons. The van der Waals surface area contributed by atoms with E-state index in [0.29, 0.717) is 28.3 Å². The van der Waals surface area contributed by atoms with Crippen molar-refractivity contribution < 1.29 is 22.7 Å². The fourth-order valence-electron chi connectivity index (χ4n) is 3.69. The number of hydrogen-bond acceptors (Lipinski definition) is 4. The maximum atomic E-state index is 13.7. The Kier molecular flexibility index (Phi) is 5.18. The lowest BCUT2D eigenvalue weighted by atomic mass is 10.0. The van der Waals surface area contributed by atoms with Gasteiger partial charge < -0.3 is 14.6 Å². The highest BCUT2D eigenvalue weighted by Crippen LogP contribution is 2.39. The normalized spacial score (nSPS) is 13.5. The number of aromatic amines is 1. The van der Waals surface area contributed by atoms with Gasteiger partial charge in [0, 0.05) is 23.5 Å². The van der Waals surface area contributed by atoms with Gasteiger partial charge in [0.25, 0.3) is 5.91 Å². The summed E-state index contributed by atoms with van der Waals surface area (Å²) in [6, 6.07) is 11.1. The first kappa shape index (κ1) is 20.5. The van der Waals surface area contributed by atoms with Crippen molar-refractivity contribution in [1.29, 1.82) is 0 Å². The molecule has 160 valence electrons. The summed E-state index contributed by atoms with van der Waals surface area (Å²) in [5.41, 5.74) is 2.49. The second kappa shape index (κ2) is 7.82. The van der Waals surface area contributed by atoms with Gasteiger partial charge in [0.2, 0.25) is 5.56 Å². The molecule has 31 heavy (non-hydrogen) atoms. The second-order valence-corrected chi connectivity index (χ2v) is 7.12. The van der Waals surface area contributed by atoms with Crippen molar-refractivity contribution in [2.75, 3.05) is 16.5 Å². The van der Waals surface area contributed by atoms with Crippen LogP contribution in [0.3, 0.4) is 0 Å². The van der Waals surface area contributed by atoms with Crippen LogP contribution in [0.25, 0.3) is 0 Å². The number of benzene rings is 2. The summed E-state index contributed by atoms with van der Waals surface area (Å²) >= 11 is 0.